The molecule has 4 aliphatic rings. The van der Waals surface area contributed by atoms with Crippen LogP contribution in [0, 0.1) is 35.0 Å². The summed E-state index contributed by atoms with van der Waals surface area (Å²) in [7, 11) is 0. The van der Waals surface area contributed by atoms with Gasteiger partial charge in [-0.1, -0.05) is 6.92 Å². The van der Waals surface area contributed by atoms with Crippen LogP contribution in [0.25, 0.3) is 10.9 Å². The van der Waals surface area contributed by atoms with Gasteiger partial charge in [0.25, 0.3) is 0 Å². The van der Waals surface area contributed by atoms with Crippen molar-refractivity contribution < 1.29 is 27.1 Å². The number of carbonyl (C=O) groups is 1. The summed E-state index contributed by atoms with van der Waals surface area (Å²) >= 11 is 0. The number of benzene rings is 1. The maximum atomic E-state index is 14.1. The van der Waals surface area contributed by atoms with E-state index in [0.717, 1.165) is 35.9 Å². The summed E-state index contributed by atoms with van der Waals surface area (Å²) in [6.07, 6.45) is 1.63. The van der Waals surface area contributed by atoms with Crippen LogP contribution in [-0.4, -0.2) is 53.9 Å². The molecule has 202 valence electrons. The van der Waals surface area contributed by atoms with Crippen LogP contribution in [-0.2, 0) is 4.79 Å². The monoisotopic (exact) mass is 521 g/mol. The van der Waals surface area contributed by atoms with Gasteiger partial charge in [0.2, 0.25) is 5.91 Å². The molecule has 1 aliphatic heterocycles. The van der Waals surface area contributed by atoms with Gasteiger partial charge in [-0.25, -0.2) is 4.39 Å². The van der Waals surface area contributed by atoms with E-state index in [1.807, 2.05) is 18.2 Å². The van der Waals surface area contributed by atoms with E-state index >= 15 is 0 Å². The molecule has 0 bridgehead atoms. The van der Waals surface area contributed by atoms with Crippen molar-refractivity contribution in [3.63, 3.8) is 0 Å². The van der Waals surface area contributed by atoms with Crippen LogP contribution in [0.2, 0.25) is 0 Å². The first kappa shape index (κ1) is 25.0. The Balaban J connectivity index is 1.01. The first-order valence-corrected chi connectivity index (χ1v) is 13.4. The molecule has 37 heavy (non-hydrogen) atoms. The lowest BCUT2D eigenvalue weighted by atomic mass is 9.83. The summed E-state index contributed by atoms with van der Waals surface area (Å²) in [6, 6.07) is 5.75. The Kier molecular flexibility index (Phi) is 5.82. The van der Waals surface area contributed by atoms with E-state index < -0.39 is 18.4 Å². The Hall–Kier alpha value is -2.29. The number of anilines is 1. The van der Waals surface area contributed by atoms with E-state index in [1.165, 1.54) is 0 Å². The quantitative estimate of drug-likeness (QED) is 0.429. The molecule has 5 atom stereocenters. The third kappa shape index (κ3) is 4.72. The van der Waals surface area contributed by atoms with Crippen molar-refractivity contribution >= 4 is 22.5 Å². The number of ether oxygens (including phenoxy) is 1. The van der Waals surface area contributed by atoms with Gasteiger partial charge in [0, 0.05) is 36.1 Å². The molecule has 1 aromatic carbocycles. The number of hydrogen-bond acceptors (Lipinski definition) is 3. The molecule has 1 amide bonds. The second-order valence-corrected chi connectivity index (χ2v) is 12.5. The van der Waals surface area contributed by atoms with Crippen molar-refractivity contribution in [3.05, 3.63) is 24.4 Å². The summed E-state index contributed by atoms with van der Waals surface area (Å²) in [4.78, 5) is 17.5. The average molecular weight is 522 g/mol. The highest BCUT2D eigenvalue weighted by molar-refractivity contribution is 6.02. The molecular weight excluding hydrogens is 486 g/mol. The summed E-state index contributed by atoms with van der Waals surface area (Å²) in [6.45, 7) is 4.56. The van der Waals surface area contributed by atoms with Crippen molar-refractivity contribution in [2.24, 2.45) is 35.0 Å². The number of hydrogen-bond donors (Lipinski definition) is 2. The Morgan fingerprint density at radius 1 is 1.22 bits per heavy atom. The van der Waals surface area contributed by atoms with E-state index in [9.17, 15) is 22.4 Å². The van der Waals surface area contributed by atoms with Crippen LogP contribution in [0.15, 0.2) is 24.4 Å². The van der Waals surface area contributed by atoms with Gasteiger partial charge in [0.15, 0.2) is 0 Å². The van der Waals surface area contributed by atoms with Gasteiger partial charge in [0.1, 0.15) is 11.4 Å². The van der Waals surface area contributed by atoms with E-state index in [0.29, 0.717) is 50.1 Å². The third-order valence-corrected chi connectivity index (χ3v) is 9.80. The maximum Gasteiger partial charge on any atom is 0.401 e. The van der Waals surface area contributed by atoms with E-state index in [4.69, 9.17) is 4.74 Å². The molecule has 2 N–H and O–H groups in total. The number of rotatable bonds is 7. The average Bonchev–Trinajstić information content (AvgIpc) is 3.35. The van der Waals surface area contributed by atoms with Gasteiger partial charge < -0.3 is 15.0 Å². The van der Waals surface area contributed by atoms with Crippen LogP contribution in [0.3, 0.4) is 0 Å². The van der Waals surface area contributed by atoms with E-state index in [-0.39, 0.29) is 29.1 Å². The molecule has 0 spiro atoms. The van der Waals surface area contributed by atoms with E-state index in [2.05, 4.69) is 17.2 Å². The van der Waals surface area contributed by atoms with Crippen LogP contribution in [0.4, 0.5) is 23.2 Å². The van der Waals surface area contributed by atoms with Crippen molar-refractivity contribution in [2.45, 2.75) is 57.8 Å². The van der Waals surface area contributed by atoms with Crippen LogP contribution < -0.4 is 10.1 Å². The van der Waals surface area contributed by atoms with Gasteiger partial charge >= 0.3 is 6.18 Å². The van der Waals surface area contributed by atoms with Crippen LogP contribution in [0.5, 0.6) is 5.75 Å². The highest BCUT2D eigenvalue weighted by atomic mass is 19.4. The summed E-state index contributed by atoms with van der Waals surface area (Å²) in [5.41, 5.74) is 0.462. The van der Waals surface area contributed by atoms with Gasteiger partial charge in [-0.15, -0.1) is 0 Å². The molecule has 9 heteroatoms. The fraction of sp³-hybridized carbons (Fsp3) is 0.679. The molecule has 1 aromatic heterocycles. The van der Waals surface area contributed by atoms with E-state index in [1.54, 1.807) is 18.0 Å². The number of carbonyl (C=O) groups excluding carboxylic acids is 1. The Bertz CT molecular complexity index is 1180. The van der Waals surface area contributed by atoms with Crippen molar-refractivity contribution in [2.75, 3.05) is 31.6 Å². The molecule has 2 heterocycles. The molecule has 4 unspecified atom stereocenters. The maximum absolute atomic E-state index is 14.1. The molecular formula is C28H35F4N3O2. The first-order valence-electron chi connectivity index (χ1n) is 13.4. The highest BCUT2D eigenvalue weighted by Crippen LogP contribution is 2.64. The summed E-state index contributed by atoms with van der Waals surface area (Å²) < 4.78 is 58.6. The molecule has 6 rings (SSSR count). The van der Waals surface area contributed by atoms with Crippen molar-refractivity contribution in [3.8, 4) is 5.75 Å². The summed E-state index contributed by atoms with van der Waals surface area (Å²) in [5, 5.41) is 3.90. The molecule has 4 fully saturated rings. The zero-order valence-corrected chi connectivity index (χ0v) is 21.3. The number of likely N-dealkylation sites (tertiary alicyclic amines) is 1. The molecule has 1 saturated heterocycles. The predicted molar refractivity (Wildman–Crippen MR) is 133 cm³/mol. The zero-order valence-electron chi connectivity index (χ0n) is 21.3. The molecule has 0 radical (unpaired) electrons. The number of nitrogens with zero attached hydrogens (tertiary/aromatic N) is 1. The van der Waals surface area contributed by atoms with Gasteiger partial charge in [-0.3, -0.25) is 9.69 Å². The zero-order chi connectivity index (χ0) is 26.2. The number of halogens is 4. The topological polar surface area (TPSA) is 57.4 Å². The highest BCUT2D eigenvalue weighted by Gasteiger charge is 2.67. The number of aromatic nitrogens is 1. The number of alkyl halides is 4. The SMILES string of the molecule is CC12C[C@H](CCOc3ccc4[nH]cc(NC(=O)C5CC6C(C5)C6(C)F)c4c3)CC1CN(CC(F)(F)F)C2. The largest absolute Gasteiger partial charge is 0.494 e. The Morgan fingerprint density at radius 3 is 2.68 bits per heavy atom. The smallest absolute Gasteiger partial charge is 0.401 e. The number of H-pyrrole nitrogens is 1. The molecule has 3 aliphatic carbocycles. The molecule has 5 nitrogen and oxygen atoms in total. The molecule has 3 saturated carbocycles. The minimum Gasteiger partial charge on any atom is -0.494 e. The number of nitrogens with one attached hydrogen (secondary N) is 2. The normalized spacial score (nSPS) is 37.1. The van der Waals surface area contributed by atoms with Crippen LogP contribution >= 0.6 is 0 Å². The second-order valence-electron chi connectivity index (χ2n) is 12.5. The lowest BCUT2D eigenvalue weighted by molar-refractivity contribution is -0.144. The molecule has 2 aromatic rings. The van der Waals surface area contributed by atoms with Gasteiger partial charge in [0.05, 0.1) is 18.8 Å². The van der Waals surface area contributed by atoms with Gasteiger partial charge in [-0.05, 0) is 86.3 Å². The Labute approximate surface area is 214 Å². The lowest BCUT2D eigenvalue weighted by Gasteiger charge is -2.25. The number of fused-ring (bicyclic) bond motifs is 3. The standard InChI is InChI=1S/C28H35F4N3O2/c1-26-11-16(7-18(26)13-35(14-26)15-28(30,31)32)5-6-37-19-3-4-23-20(10-19)24(12-33-23)34-25(36)17-8-21-22(9-17)27(21,2)29/h3-4,10,12,16-18,21-22,33H,5-9,11,13-15H2,1-2H3,(H,34,36)/t16-,17?,18?,21?,22?,26?,27?/m1/s1. The number of amides is 1. The third-order valence-electron chi connectivity index (χ3n) is 9.80. The predicted octanol–water partition coefficient (Wildman–Crippen LogP) is 6.17. The van der Waals surface area contributed by atoms with Crippen LogP contribution in [0.1, 0.15) is 46.0 Å². The van der Waals surface area contributed by atoms with Crippen molar-refractivity contribution in [1.29, 1.82) is 0 Å². The number of aromatic amines is 1. The van der Waals surface area contributed by atoms with Crippen molar-refractivity contribution in [1.82, 2.24) is 9.88 Å². The fourth-order valence-corrected chi connectivity index (χ4v) is 7.81. The Morgan fingerprint density at radius 2 is 1.97 bits per heavy atom. The lowest BCUT2D eigenvalue weighted by Crippen LogP contribution is -2.34. The van der Waals surface area contributed by atoms with Gasteiger partial charge in [-0.2, -0.15) is 13.2 Å². The minimum absolute atomic E-state index is 0.0204. The summed E-state index contributed by atoms with van der Waals surface area (Å²) in [5.74, 6) is 1.34. The minimum atomic E-state index is -4.14. The second kappa shape index (κ2) is 8.61. The fourth-order valence-electron chi connectivity index (χ4n) is 7.81. The first-order chi connectivity index (χ1) is 17.4.